The van der Waals surface area contributed by atoms with Crippen molar-refractivity contribution in [2.24, 2.45) is 0 Å². The number of benzene rings is 2. The monoisotopic (exact) mass is 604 g/mol. The normalized spacial score (nSPS) is 16.4. The van der Waals surface area contributed by atoms with Crippen molar-refractivity contribution in [3.8, 4) is 6.07 Å². The van der Waals surface area contributed by atoms with Crippen LogP contribution >= 0.6 is 34.8 Å². The van der Waals surface area contributed by atoms with Crippen LogP contribution in [0.2, 0.25) is 0 Å². The van der Waals surface area contributed by atoms with Crippen LogP contribution in [-0.2, 0) is 11.0 Å². The van der Waals surface area contributed by atoms with Crippen LogP contribution in [0.3, 0.4) is 0 Å². The quantitative estimate of drug-likeness (QED) is 0.172. The van der Waals surface area contributed by atoms with Crippen molar-refractivity contribution in [2.75, 3.05) is 9.80 Å². The van der Waals surface area contributed by atoms with Gasteiger partial charge in [-0.3, -0.25) is 14.5 Å². The summed E-state index contributed by atoms with van der Waals surface area (Å²) in [5.74, 6) is -2.12. The number of carbonyl (C=O) groups is 2. The number of rotatable bonds is 4. The Morgan fingerprint density at radius 3 is 2.35 bits per heavy atom. The van der Waals surface area contributed by atoms with Crippen molar-refractivity contribution in [1.29, 1.82) is 5.26 Å². The highest BCUT2D eigenvalue weighted by Gasteiger charge is 2.51. The second kappa shape index (κ2) is 9.10. The van der Waals surface area contributed by atoms with Gasteiger partial charge in [0.2, 0.25) is 0 Å². The molecule has 3 rings (SSSR count). The maximum Gasteiger partial charge on any atom is 0.417 e. The fourth-order valence-electron chi connectivity index (χ4n) is 3.55. The zero-order valence-corrected chi connectivity index (χ0v) is 21.0. The first kappa shape index (κ1) is 25.8. The number of halogens is 5. The number of nitriles is 1. The largest absolute Gasteiger partial charge is 0.417 e. The lowest BCUT2D eigenvalue weighted by molar-refractivity contribution is -0.137. The summed E-state index contributed by atoms with van der Waals surface area (Å²) in [4.78, 5) is 27.6. The van der Waals surface area contributed by atoms with Crippen molar-refractivity contribution in [3.05, 3.63) is 58.9 Å². The van der Waals surface area contributed by atoms with E-state index in [2.05, 4.69) is 5.32 Å². The molecule has 0 spiro atoms. The Morgan fingerprint density at radius 1 is 1.21 bits per heavy atom. The zero-order chi connectivity index (χ0) is 25.6. The molecule has 12 heteroatoms. The van der Waals surface area contributed by atoms with Gasteiger partial charge in [-0.1, -0.05) is 22.6 Å². The smallest absolute Gasteiger partial charge is 0.341 e. The van der Waals surface area contributed by atoms with Gasteiger partial charge in [-0.15, -0.1) is 0 Å². The van der Waals surface area contributed by atoms with Crippen LogP contribution < -0.4 is 15.1 Å². The van der Waals surface area contributed by atoms with Crippen molar-refractivity contribution < 1.29 is 27.2 Å². The second-order valence-corrected chi connectivity index (χ2v) is 10.1. The Hall–Kier alpha value is -2.79. The lowest BCUT2D eigenvalue weighted by Gasteiger charge is -2.29. The predicted molar refractivity (Wildman–Crippen MR) is 130 cm³/mol. The zero-order valence-electron chi connectivity index (χ0n) is 18.0. The minimum absolute atomic E-state index is 0.145. The molecule has 178 valence electrons. The van der Waals surface area contributed by atoms with Gasteiger partial charge in [0.15, 0.2) is 5.11 Å². The third-order valence-electron chi connectivity index (χ3n) is 5.14. The highest BCUT2D eigenvalue weighted by atomic mass is 127. The first-order valence-electron chi connectivity index (χ1n) is 9.74. The number of carbonyl (C=O) groups excluding carboxylic acids is 2. The van der Waals surface area contributed by atoms with Gasteiger partial charge in [0, 0.05) is 5.69 Å². The van der Waals surface area contributed by atoms with Crippen LogP contribution in [0.4, 0.5) is 28.9 Å². The molecule has 0 saturated carbocycles. The van der Waals surface area contributed by atoms with Crippen molar-refractivity contribution in [1.82, 2.24) is 5.32 Å². The molecule has 0 aromatic heterocycles. The summed E-state index contributed by atoms with van der Waals surface area (Å²) >= 11 is 7.37. The van der Waals surface area contributed by atoms with Gasteiger partial charge in [-0.2, -0.15) is 18.4 Å². The van der Waals surface area contributed by atoms with Gasteiger partial charge < -0.3 is 10.2 Å². The molecule has 1 N–H and O–H groups in total. The molecule has 1 aliphatic rings. The number of thiocarbonyl (C=S) groups is 1. The molecule has 2 aromatic rings. The summed E-state index contributed by atoms with van der Waals surface area (Å²) < 4.78 is 54.9. The van der Waals surface area contributed by atoms with Crippen molar-refractivity contribution >= 4 is 63.1 Å². The Balaban J connectivity index is 2.05. The molecule has 1 aliphatic heterocycles. The number of hydrogen-bond donors (Lipinski definition) is 1. The molecule has 0 bridgehead atoms. The van der Waals surface area contributed by atoms with Crippen LogP contribution in [-0.4, -0.2) is 26.5 Å². The number of hydrogen-bond acceptors (Lipinski definition) is 4. The van der Waals surface area contributed by atoms with Gasteiger partial charge in [-0.05, 0) is 69.4 Å². The van der Waals surface area contributed by atoms with E-state index in [1.807, 2.05) is 22.6 Å². The summed E-state index contributed by atoms with van der Waals surface area (Å²) in [6.45, 7) is 4.70. The van der Waals surface area contributed by atoms with Gasteiger partial charge in [0.25, 0.3) is 11.8 Å². The van der Waals surface area contributed by atoms with Crippen LogP contribution in [0, 0.1) is 17.1 Å². The van der Waals surface area contributed by atoms with E-state index in [1.54, 1.807) is 6.92 Å². The minimum Gasteiger partial charge on any atom is -0.341 e. The van der Waals surface area contributed by atoms with E-state index >= 15 is 0 Å². The van der Waals surface area contributed by atoms with Crippen LogP contribution in [0.25, 0.3) is 0 Å². The summed E-state index contributed by atoms with van der Waals surface area (Å²) in [7, 11) is 0. The fraction of sp³-hybridized carbons (Fsp3) is 0.273. The predicted octanol–water partition coefficient (Wildman–Crippen LogP) is 5.14. The fourth-order valence-corrected chi connectivity index (χ4v) is 4.35. The summed E-state index contributed by atoms with van der Waals surface area (Å²) in [6, 6.07) is 8.01. The van der Waals surface area contributed by atoms with E-state index in [1.165, 1.54) is 43.0 Å². The molecule has 0 radical (unpaired) electrons. The van der Waals surface area contributed by atoms with E-state index in [0.717, 1.165) is 17.0 Å². The molecule has 6 nitrogen and oxygen atoms in total. The van der Waals surface area contributed by atoms with Gasteiger partial charge >= 0.3 is 6.18 Å². The molecular weight excluding hydrogens is 587 g/mol. The highest BCUT2D eigenvalue weighted by Crippen LogP contribution is 2.39. The van der Waals surface area contributed by atoms with Gasteiger partial charge in [0.05, 0.1) is 32.5 Å². The standard InChI is InChI=1S/C22H17F4IN4O2S/c1-11(27)29-18(32)15-7-6-14(9-17(15)23)31-20(34)30(19(33)21(31,2)3)13-5-4-12(10-28)16(8-13)22(24,25)26/h4-9,11H,1-3H3,(H,29,32). The van der Waals surface area contributed by atoms with Crippen LogP contribution in [0.5, 0.6) is 0 Å². The summed E-state index contributed by atoms with van der Waals surface area (Å²) in [6.07, 6.45) is -4.82. The van der Waals surface area contributed by atoms with E-state index in [4.69, 9.17) is 17.5 Å². The first-order valence-corrected chi connectivity index (χ1v) is 11.4. The average Bonchev–Trinajstić information content (AvgIpc) is 2.90. The minimum atomic E-state index is -4.82. The van der Waals surface area contributed by atoms with E-state index in [9.17, 15) is 27.2 Å². The molecule has 2 aromatic carbocycles. The van der Waals surface area contributed by atoms with E-state index in [0.29, 0.717) is 6.07 Å². The number of amides is 2. The van der Waals surface area contributed by atoms with Crippen LogP contribution in [0.1, 0.15) is 42.3 Å². The van der Waals surface area contributed by atoms with Crippen molar-refractivity contribution in [2.45, 2.75) is 36.5 Å². The molecule has 1 unspecified atom stereocenters. The molecule has 1 atom stereocenters. The molecular formula is C22H17F4IN4O2S. The third kappa shape index (κ3) is 4.58. The van der Waals surface area contributed by atoms with E-state index in [-0.39, 0.29) is 26.1 Å². The Morgan fingerprint density at radius 2 is 1.82 bits per heavy atom. The number of nitrogens with zero attached hydrogens (tertiary/aromatic N) is 3. The maximum absolute atomic E-state index is 14.8. The van der Waals surface area contributed by atoms with Gasteiger partial charge in [-0.25, -0.2) is 4.39 Å². The lowest BCUT2D eigenvalue weighted by Crippen LogP contribution is -2.44. The Bertz CT molecular complexity index is 1240. The molecule has 34 heavy (non-hydrogen) atoms. The number of alkyl halides is 4. The maximum atomic E-state index is 14.8. The molecule has 2 amide bonds. The van der Waals surface area contributed by atoms with Crippen LogP contribution in [0.15, 0.2) is 36.4 Å². The third-order valence-corrected chi connectivity index (χ3v) is 5.82. The molecule has 1 fully saturated rings. The summed E-state index contributed by atoms with van der Waals surface area (Å²) in [5.41, 5.74) is -3.42. The molecule has 1 saturated heterocycles. The first-order chi connectivity index (χ1) is 15.7. The van der Waals surface area contributed by atoms with Crippen molar-refractivity contribution in [3.63, 3.8) is 0 Å². The highest BCUT2D eigenvalue weighted by molar-refractivity contribution is 14.1. The Kier molecular flexibility index (Phi) is 6.92. The SMILES string of the molecule is CC(I)NC(=O)c1ccc(N2C(=S)N(c3ccc(C#N)c(C(F)(F)F)c3)C(=O)C2(C)C)cc1F. The lowest BCUT2D eigenvalue weighted by atomic mass is 10.0. The number of nitrogens with one attached hydrogen (secondary N) is 1. The topological polar surface area (TPSA) is 76.4 Å². The van der Waals surface area contributed by atoms with E-state index < -0.39 is 40.5 Å². The number of anilines is 2. The van der Waals surface area contributed by atoms with Gasteiger partial charge in [0.1, 0.15) is 11.4 Å². The molecule has 1 heterocycles. The average molecular weight is 604 g/mol. The molecule has 0 aliphatic carbocycles. The Labute approximate surface area is 211 Å². The second-order valence-electron chi connectivity index (χ2n) is 7.91. The summed E-state index contributed by atoms with van der Waals surface area (Å²) in [5, 5.41) is 11.4.